The molecule has 286 valence electrons. The molecule has 2 saturated carbocycles. The zero-order valence-electron chi connectivity index (χ0n) is 31.6. The number of methoxy groups -OCH3 is 2. The van der Waals surface area contributed by atoms with Gasteiger partial charge < -0.3 is 39.4 Å². The maximum absolute atomic E-state index is 13.1. The first-order valence-electron chi connectivity index (χ1n) is 19.7. The summed E-state index contributed by atoms with van der Waals surface area (Å²) in [5.41, 5.74) is 3.14. The number of hydrogen-bond acceptors (Lipinski definition) is 11. The molecule has 5 heterocycles. The second-order valence-electron chi connectivity index (χ2n) is 16.4. The van der Waals surface area contributed by atoms with E-state index in [4.69, 9.17) is 18.5 Å². The minimum absolute atomic E-state index is 0.0113. The molecule has 8 rings (SSSR count). The lowest BCUT2D eigenvalue weighted by Gasteiger charge is -2.34. The molecule has 0 bridgehead atoms. The summed E-state index contributed by atoms with van der Waals surface area (Å²) in [5, 5.41) is 18.4. The van der Waals surface area contributed by atoms with E-state index in [2.05, 4.69) is 56.0 Å². The predicted octanol–water partition coefficient (Wildman–Crippen LogP) is 4.87. The molecule has 2 unspecified atom stereocenters. The average molecular weight is 730 g/mol. The SMILES string of the molecule is COc1cc(OC)c(CN2C[C@@H](C)[C@H](NC(=O)c3cc(C4CC4)on3)C2)c(C2CC(CCN3C[C@@H](C)[C@H](NC(=O)c4cc(C5CC5)on4)C3)CCN2)c1. The predicted molar refractivity (Wildman–Crippen MR) is 197 cm³/mol. The first-order valence-corrected chi connectivity index (χ1v) is 19.7. The Balaban J connectivity index is 0.877. The Morgan fingerprint density at radius 2 is 1.42 bits per heavy atom. The number of piperidine rings is 1. The smallest absolute Gasteiger partial charge is 0.273 e. The van der Waals surface area contributed by atoms with Crippen molar-refractivity contribution in [3.8, 4) is 11.5 Å². The number of benzene rings is 1. The summed E-state index contributed by atoms with van der Waals surface area (Å²) >= 11 is 0. The Hall–Kier alpha value is -3.94. The first kappa shape index (κ1) is 36.1. The van der Waals surface area contributed by atoms with Gasteiger partial charge in [-0.3, -0.25) is 14.5 Å². The van der Waals surface area contributed by atoms with Crippen LogP contribution in [0.15, 0.2) is 33.3 Å². The monoisotopic (exact) mass is 729 g/mol. The third-order valence-electron chi connectivity index (χ3n) is 12.3. The van der Waals surface area contributed by atoms with Gasteiger partial charge in [0, 0.05) is 86.4 Å². The molecule has 1 aromatic carbocycles. The van der Waals surface area contributed by atoms with E-state index in [1.807, 2.05) is 12.1 Å². The Morgan fingerprint density at radius 3 is 2.00 bits per heavy atom. The fourth-order valence-electron chi connectivity index (χ4n) is 8.72. The molecule has 5 aliphatic rings. The maximum atomic E-state index is 13.1. The summed E-state index contributed by atoms with van der Waals surface area (Å²) < 4.78 is 22.6. The van der Waals surface area contributed by atoms with Crippen LogP contribution in [-0.2, 0) is 6.54 Å². The lowest BCUT2D eigenvalue weighted by Crippen LogP contribution is -2.40. The number of likely N-dealkylation sites (tertiary alicyclic amines) is 2. The Labute approximate surface area is 311 Å². The van der Waals surface area contributed by atoms with E-state index in [0.29, 0.717) is 41.6 Å². The summed E-state index contributed by atoms with van der Waals surface area (Å²) in [6.45, 7) is 10.5. The molecule has 2 aromatic heterocycles. The highest BCUT2D eigenvalue weighted by molar-refractivity contribution is 5.93. The fraction of sp³-hybridized carbons (Fsp3) is 0.650. The average Bonchev–Trinajstić information content (AvgIpc) is 4.01. The van der Waals surface area contributed by atoms with Gasteiger partial charge in [-0.15, -0.1) is 0 Å². The molecule has 3 N–H and O–H groups in total. The van der Waals surface area contributed by atoms with Gasteiger partial charge in [-0.25, -0.2) is 0 Å². The minimum Gasteiger partial charge on any atom is -0.497 e. The quantitative estimate of drug-likeness (QED) is 0.209. The molecule has 3 aromatic rings. The van der Waals surface area contributed by atoms with E-state index in [1.54, 1.807) is 20.3 Å². The van der Waals surface area contributed by atoms with Gasteiger partial charge in [0.05, 0.1) is 14.2 Å². The van der Waals surface area contributed by atoms with Gasteiger partial charge in [0.1, 0.15) is 23.0 Å². The molecule has 6 atom stereocenters. The van der Waals surface area contributed by atoms with Crippen molar-refractivity contribution >= 4 is 11.8 Å². The molecule has 0 spiro atoms. The second kappa shape index (κ2) is 15.4. The standard InChI is InChI=1S/C40H55N7O6/c1-23-18-46(21-34(23)42-39(48)32-16-36(52-44-32)26-5-6-26)12-10-25-9-11-41-31(13-25)29-14-28(50-3)15-38(51-4)30(29)20-47-19-24(2)35(22-47)43-40(49)33-17-37(53-45-33)27-7-8-27/h14-17,23-27,31,34-35,41H,5-13,18-22H2,1-4H3,(H,42,48)(H,43,49)/t23-,24-,25?,31?,34-,35-/m1/s1. The molecule has 3 saturated heterocycles. The summed E-state index contributed by atoms with van der Waals surface area (Å²) in [5.74, 6) is 5.03. The number of amides is 2. The van der Waals surface area contributed by atoms with Crippen LogP contribution in [0.5, 0.6) is 11.5 Å². The molecule has 3 aliphatic heterocycles. The lowest BCUT2D eigenvalue weighted by atomic mass is 9.84. The largest absolute Gasteiger partial charge is 0.497 e. The van der Waals surface area contributed by atoms with E-state index in [1.165, 1.54) is 11.1 Å². The van der Waals surface area contributed by atoms with E-state index >= 15 is 0 Å². The van der Waals surface area contributed by atoms with Crippen LogP contribution in [0, 0.1) is 17.8 Å². The van der Waals surface area contributed by atoms with Crippen molar-refractivity contribution in [3.05, 3.63) is 58.3 Å². The first-order chi connectivity index (χ1) is 25.7. The summed E-state index contributed by atoms with van der Waals surface area (Å²) in [6, 6.07) is 8.06. The molecular formula is C40H55N7O6. The highest BCUT2D eigenvalue weighted by Crippen LogP contribution is 2.42. The molecule has 13 heteroatoms. The van der Waals surface area contributed by atoms with Gasteiger partial charge in [-0.2, -0.15) is 0 Å². The van der Waals surface area contributed by atoms with E-state index in [0.717, 1.165) is 107 Å². The Kier molecular flexibility index (Phi) is 10.5. The minimum atomic E-state index is -0.169. The number of carbonyl (C=O) groups excluding carboxylic acids is 2. The van der Waals surface area contributed by atoms with Crippen LogP contribution in [0.25, 0.3) is 0 Å². The number of aromatic nitrogens is 2. The Bertz CT molecular complexity index is 1770. The third-order valence-corrected chi connectivity index (χ3v) is 12.3. The molecule has 13 nitrogen and oxygen atoms in total. The summed E-state index contributed by atoms with van der Waals surface area (Å²) in [7, 11) is 3.43. The normalized spacial score (nSPS) is 27.9. The van der Waals surface area contributed by atoms with Crippen molar-refractivity contribution in [2.45, 2.75) is 95.3 Å². The summed E-state index contributed by atoms with van der Waals surface area (Å²) in [4.78, 5) is 31.0. The number of hydrogen-bond donors (Lipinski definition) is 3. The number of nitrogens with zero attached hydrogens (tertiary/aromatic N) is 4. The van der Waals surface area contributed by atoms with Gasteiger partial charge >= 0.3 is 0 Å². The molecule has 0 radical (unpaired) electrons. The van der Waals surface area contributed by atoms with Crippen LogP contribution in [0.1, 0.15) is 120 Å². The topological polar surface area (TPSA) is 147 Å². The molecule has 2 amide bonds. The van der Waals surface area contributed by atoms with E-state index in [9.17, 15) is 9.59 Å². The molecule has 5 fully saturated rings. The van der Waals surface area contributed by atoms with E-state index in [-0.39, 0.29) is 35.9 Å². The Morgan fingerprint density at radius 1 is 0.811 bits per heavy atom. The number of rotatable bonds is 14. The van der Waals surface area contributed by atoms with Crippen LogP contribution in [-0.4, -0.2) is 97.5 Å². The second-order valence-corrected chi connectivity index (χ2v) is 16.4. The van der Waals surface area contributed by atoms with Gasteiger partial charge in [0.15, 0.2) is 11.4 Å². The van der Waals surface area contributed by atoms with Crippen molar-refractivity contribution in [2.24, 2.45) is 17.8 Å². The van der Waals surface area contributed by atoms with Gasteiger partial charge in [-0.05, 0) is 87.4 Å². The third kappa shape index (κ3) is 8.27. The van der Waals surface area contributed by atoms with Crippen LogP contribution in [0.2, 0.25) is 0 Å². The summed E-state index contributed by atoms with van der Waals surface area (Å²) in [6.07, 6.45) is 7.70. The number of ether oxygens (including phenoxy) is 2. The van der Waals surface area contributed by atoms with Crippen molar-refractivity contribution < 1.29 is 28.1 Å². The molecular weight excluding hydrogens is 674 g/mol. The maximum Gasteiger partial charge on any atom is 0.273 e. The van der Waals surface area contributed by atoms with Crippen LogP contribution >= 0.6 is 0 Å². The zero-order chi connectivity index (χ0) is 36.6. The van der Waals surface area contributed by atoms with Crippen LogP contribution < -0.4 is 25.4 Å². The lowest BCUT2D eigenvalue weighted by molar-refractivity contribution is 0.0913. The van der Waals surface area contributed by atoms with Crippen LogP contribution in [0.3, 0.4) is 0 Å². The van der Waals surface area contributed by atoms with Crippen molar-refractivity contribution in [1.82, 2.24) is 36.1 Å². The van der Waals surface area contributed by atoms with Crippen molar-refractivity contribution in [3.63, 3.8) is 0 Å². The number of nitrogens with one attached hydrogen (secondary N) is 3. The number of carbonyl (C=O) groups is 2. The highest BCUT2D eigenvalue weighted by atomic mass is 16.5. The van der Waals surface area contributed by atoms with Gasteiger partial charge in [0.2, 0.25) is 0 Å². The molecule has 53 heavy (non-hydrogen) atoms. The fourth-order valence-corrected chi connectivity index (χ4v) is 8.72. The van der Waals surface area contributed by atoms with Gasteiger partial charge in [0.25, 0.3) is 11.8 Å². The molecule has 2 aliphatic carbocycles. The zero-order valence-corrected chi connectivity index (χ0v) is 31.6. The van der Waals surface area contributed by atoms with Gasteiger partial charge in [-0.1, -0.05) is 24.2 Å². The highest BCUT2D eigenvalue weighted by Gasteiger charge is 2.36. The van der Waals surface area contributed by atoms with E-state index < -0.39 is 0 Å². The van der Waals surface area contributed by atoms with Crippen molar-refractivity contribution in [1.29, 1.82) is 0 Å². The van der Waals surface area contributed by atoms with Crippen LogP contribution in [0.4, 0.5) is 0 Å². The van der Waals surface area contributed by atoms with Crippen molar-refractivity contribution in [2.75, 3.05) is 53.5 Å².